The van der Waals surface area contributed by atoms with Crippen molar-refractivity contribution >= 4 is 35.0 Å². The average Bonchev–Trinajstić information content (AvgIpc) is 2.65. The lowest BCUT2D eigenvalue weighted by Crippen LogP contribution is -2.30. The van der Waals surface area contributed by atoms with Crippen LogP contribution in [0.4, 0.5) is 11.4 Å². The highest BCUT2D eigenvalue weighted by Crippen LogP contribution is 2.20. The Morgan fingerprint density at radius 3 is 2.59 bits per heavy atom. The van der Waals surface area contributed by atoms with Crippen LogP contribution in [0.2, 0.25) is 0 Å². The van der Waals surface area contributed by atoms with E-state index in [4.69, 9.17) is 10.5 Å². The Kier molecular flexibility index (Phi) is 7.18. The van der Waals surface area contributed by atoms with Crippen LogP contribution in [0.3, 0.4) is 0 Å². The number of hydrogen-bond donors (Lipinski definition) is 2. The standard InChI is InChI=1S/C18H19N3O5S/c1-12-2-5-14(6-3-12)27-9-8-20-17(22)11-26-18(23)15-10-13(21(24)25)4-7-16(15)19/h2-7,10H,8-9,11,19H2,1H3,(H,20,22). The van der Waals surface area contributed by atoms with Crippen molar-refractivity contribution in [3.8, 4) is 0 Å². The Morgan fingerprint density at radius 2 is 1.93 bits per heavy atom. The minimum absolute atomic E-state index is 0.0421. The van der Waals surface area contributed by atoms with Crippen molar-refractivity contribution in [2.75, 3.05) is 24.6 Å². The summed E-state index contributed by atoms with van der Waals surface area (Å²) in [4.78, 5) is 35.0. The Hall–Kier alpha value is -3.07. The van der Waals surface area contributed by atoms with Crippen molar-refractivity contribution < 1.29 is 19.2 Å². The predicted octanol–water partition coefficient (Wildman–Crippen LogP) is 2.55. The number of nitro benzene ring substituents is 1. The SMILES string of the molecule is Cc1ccc(SCCNC(=O)COC(=O)c2cc([N+](=O)[O-])ccc2N)cc1. The number of nitrogens with zero attached hydrogens (tertiary/aromatic N) is 1. The smallest absolute Gasteiger partial charge is 0.341 e. The maximum absolute atomic E-state index is 12.0. The number of hydrogen-bond acceptors (Lipinski definition) is 7. The molecule has 0 aliphatic rings. The fourth-order valence-electron chi connectivity index (χ4n) is 2.09. The summed E-state index contributed by atoms with van der Waals surface area (Å²) < 4.78 is 4.87. The van der Waals surface area contributed by atoms with Crippen molar-refractivity contribution in [2.45, 2.75) is 11.8 Å². The van der Waals surface area contributed by atoms with Crippen LogP contribution in [0.15, 0.2) is 47.4 Å². The summed E-state index contributed by atoms with van der Waals surface area (Å²) >= 11 is 1.60. The van der Waals surface area contributed by atoms with Gasteiger partial charge >= 0.3 is 5.97 Å². The molecule has 0 aromatic heterocycles. The third-order valence-corrected chi connectivity index (χ3v) is 4.53. The van der Waals surface area contributed by atoms with Crippen LogP contribution in [0.25, 0.3) is 0 Å². The van der Waals surface area contributed by atoms with Gasteiger partial charge in [-0.15, -0.1) is 11.8 Å². The van der Waals surface area contributed by atoms with Crippen LogP contribution in [0.1, 0.15) is 15.9 Å². The summed E-state index contributed by atoms with van der Waals surface area (Å²) in [6.07, 6.45) is 0. The van der Waals surface area contributed by atoms with Gasteiger partial charge in [0, 0.05) is 35.0 Å². The molecule has 0 fully saturated rings. The fourth-order valence-corrected chi connectivity index (χ4v) is 2.86. The number of aryl methyl sites for hydroxylation is 1. The summed E-state index contributed by atoms with van der Waals surface area (Å²) in [6.45, 7) is 1.93. The molecule has 0 saturated carbocycles. The molecule has 0 radical (unpaired) electrons. The monoisotopic (exact) mass is 389 g/mol. The lowest BCUT2D eigenvalue weighted by atomic mass is 10.1. The minimum atomic E-state index is -0.889. The maximum atomic E-state index is 12.0. The molecule has 1 amide bonds. The first kappa shape index (κ1) is 20.2. The van der Waals surface area contributed by atoms with Gasteiger partial charge in [0.1, 0.15) is 0 Å². The van der Waals surface area contributed by atoms with E-state index in [1.807, 2.05) is 31.2 Å². The number of rotatable bonds is 8. The molecule has 0 atom stereocenters. The van der Waals surface area contributed by atoms with E-state index in [-0.39, 0.29) is 16.9 Å². The molecular formula is C18H19N3O5S. The second-order valence-corrected chi connectivity index (χ2v) is 6.78. The van der Waals surface area contributed by atoms with E-state index in [0.717, 1.165) is 11.0 Å². The number of nitrogens with one attached hydrogen (secondary N) is 1. The summed E-state index contributed by atoms with van der Waals surface area (Å²) in [5, 5.41) is 13.4. The Labute approximate surface area is 160 Å². The van der Waals surface area contributed by atoms with Gasteiger partial charge in [0.25, 0.3) is 11.6 Å². The zero-order valence-corrected chi connectivity index (χ0v) is 15.5. The number of nitro groups is 1. The lowest BCUT2D eigenvalue weighted by Gasteiger charge is -2.08. The van der Waals surface area contributed by atoms with E-state index in [9.17, 15) is 19.7 Å². The largest absolute Gasteiger partial charge is 0.452 e. The molecule has 2 aromatic carbocycles. The van der Waals surface area contributed by atoms with Crippen LogP contribution in [0, 0.1) is 17.0 Å². The van der Waals surface area contributed by atoms with Gasteiger partial charge in [0.2, 0.25) is 0 Å². The third kappa shape index (κ3) is 6.30. The quantitative estimate of drug-likeness (QED) is 0.177. The number of thioether (sulfide) groups is 1. The molecule has 3 N–H and O–H groups in total. The number of non-ortho nitro benzene ring substituents is 1. The van der Waals surface area contributed by atoms with Crippen molar-refractivity contribution in [2.24, 2.45) is 0 Å². The van der Waals surface area contributed by atoms with Crippen LogP contribution in [-0.2, 0) is 9.53 Å². The highest BCUT2D eigenvalue weighted by Gasteiger charge is 2.17. The molecule has 9 heteroatoms. The number of esters is 1. The zero-order chi connectivity index (χ0) is 19.8. The van der Waals surface area contributed by atoms with Gasteiger partial charge in [-0.1, -0.05) is 17.7 Å². The number of anilines is 1. The zero-order valence-electron chi connectivity index (χ0n) is 14.6. The van der Waals surface area contributed by atoms with Crippen LogP contribution in [-0.4, -0.2) is 35.7 Å². The second-order valence-electron chi connectivity index (χ2n) is 5.62. The van der Waals surface area contributed by atoms with Crippen LogP contribution >= 0.6 is 11.8 Å². The first-order valence-electron chi connectivity index (χ1n) is 8.04. The third-order valence-electron chi connectivity index (χ3n) is 3.52. The van der Waals surface area contributed by atoms with Gasteiger partial charge in [0.15, 0.2) is 6.61 Å². The van der Waals surface area contributed by atoms with E-state index in [0.29, 0.717) is 12.3 Å². The summed E-state index contributed by atoms with van der Waals surface area (Å²) in [5.74, 6) is -0.683. The van der Waals surface area contributed by atoms with E-state index < -0.39 is 23.4 Å². The predicted molar refractivity (Wildman–Crippen MR) is 103 cm³/mol. The molecule has 2 aromatic rings. The molecule has 0 spiro atoms. The van der Waals surface area contributed by atoms with E-state index >= 15 is 0 Å². The molecule has 0 heterocycles. The van der Waals surface area contributed by atoms with Crippen LogP contribution < -0.4 is 11.1 Å². The number of benzene rings is 2. The van der Waals surface area contributed by atoms with Crippen LogP contribution in [0.5, 0.6) is 0 Å². The number of amides is 1. The number of nitrogen functional groups attached to an aromatic ring is 1. The topological polar surface area (TPSA) is 125 Å². The summed E-state index contributed by atoms with van der Waals surface area (Å²) in [7, 11) is 0. The van der Waals surface area contributed by atoms with Gasteiger partial charge < -0.3 is 15.8 Å². The normalized spacial score (nSPS) is 10.3. The first-order chi connectivity index (χ1) is 12.9. The molecule has 0 saturated heterocycles. The Bertz CT molecular complexity index is 839. The molecule has 2 rings (SSSR count). The van der Waals surface area contributed by atoms with E-state index in [2.05, 4.69) is 5.32 Å². The molecule has 142 valence electrons. The Balaban J connectivity index is 1.75. The molecule has 0 aliphatic heterocycles. The number of carbonyl (C=O) groups excluding carboxylic acids is 2. The van der Waals surface area contributed by atoms with Gasteiger partial charge in [0.05, 0.1) is 10.5 Å². The van der Waals surface area contributed by atoms with Gasteiger partial charge in [-0.05, 0) is 25.1 Å². The summed E-state index contributed by atoms with van der Waals surface area (Å²) in [6, 6.07) is 11.5. The molecular weight excluding hydrogens is 370 g/mol. The van der Waals surface area contributed by atoms with Gasteiger partial charge in [-0.25, -0.2) is 4.79 Å². The van der Waals surface area contributed by atoms with Crippen molar-refractivity contribution in [3.63, 3.8) is 0 Å². The Morgan fingerprint density at radius 1 is 1.22 bits per heavy atom. The lowest BCUT2D eigenvalue weighted by molar-refractivity contribution is -0.384. The molecule has 0 aliphatic carbocycles. The molecule has 0 unspecified atom stereocenters. The minimum Gasteiger partial charge on any atom is -0.452 e. The summed E-state index contributed by atoms with van der Waals surface area (Å²) in [5.41, 5.74) is 6.42. The van der Waals surface area contributed by atoms with Gasteiger partial charge in [-0.3, -0.25) is 14.9 Å². The van der Waals surface area contributed by atoms with Crippen molar-refractivity contribution in [1.82, 2.24) is 5.32 Å². The number of nitrogens with two attached hydrogens (primary N) is 1. The molecule has 8 nitrogen and oxygen atoms in total. The van der Waals surface area contributed by atoms with Gasteiger partial charge in [-0.2, -0.15) is 0 Å². The second kappa shape index (κ2) is 9.58. The molecule has 0 bridgehead atoms. The van der Waals surface area contributed by atoms with E-state index in [1.165, 1.54) is 17.7 Å². The number of ether oxygens (including phenoxy) is 1. The maximum Gasteiger partial charge on any atom is 0.341 e. The van der Waals surface area contributed by atoms with E-state index in [1.54, 1.807) is 11.8 Å². The molecule has 27 heavy (non-hydrogen) atoms. The average molecular weight is 389 g/mol. The first-order valence-corrected chi connectivity index (χ1v) is 9.02. The highest BCUT2D eigenvalue weighted by atomic mass is 32.2. The fraction of sp³-hybridized carbons (Fsp3) is 0.222. The number of carbonyl (C=O) groups is 2. The highest BCUT2D eigenvalue weighted by molar-refractivity contribution is 7.99. The van der Waals surface area contributed by atoms with Crippen molar-refractivity contribution in [3.05, 3.63) is 63.7 Å². The van der Waals surface area contributed by atoms with Crippen molar-refractivity contribution in [1.29, 1.82) is 0 Å².